The third kappa shape index (κ3) is 8.17. The number of carbonyl (C=O) groups is 2. The first-order valence-electron chi connectivity index (χ1n) is 14.0. The van der Waals surface area contributed by atoms with E-state index in [4.69, 9.17) is 0 Å². The van der Waals surface area contributed by atoms with Crippen LogP contribution in [0, 0.1) is 5.92 Å². The molecule has 1 aliphatic rings. The topological polar surface area (TPSA) is 74.3 Å². The van der Waals surface area contributed by atoms with Gasteiger partial charge in [0.15, 0.2) is 0 Å². The van der Waals surface area contributed by atoms with Crippen LogP contribution in [0.2, 0.25) is 0 Å². The first-order chi connectivity index (χ1) is 18.6. The SMILES string of the molecule is CCCCCCC(=O)Nc1ccc(N2CCC(Cc3ccccc3)CC2)c(C(=O)NCc2cccnc2)c1. The number of anilines is 2. The maximum Gasteiger partial charge on any atom is 0.253 e. The van der Waals surface area contributed by atoms with E-state index >= 15 is 0 Å². The molecule has 1 saturated heterocycles. The molecule has 0 bridgehead atoms. The largest absolute Gasteiger partial charge is 0.371 e. The Bertz CT molecular complexity index is 1160. The van der Waals surface area contributed by atoms with Gasteiger partial charge in [-0.25, -0.2) is 0 Å². The van der Waals surface area contributed by atoms with Crippen LogP contribution in [0.1, 0.15) is 73.4 Å². The van der Waals surface area contributed by atoms with E-state index < -0.39 is 0 Å². The van der Waals surface area contributed by atoms with Crippen molar-refractivity contribution in [3.8, 4) is 0 Å². The van der Waals surface area contributed by atoms with Gasteiger partial charge in [-0.1, -0.05) is 62.6 Å². The number of aromatic nitrogens is 1. The third-order valence-electron chi connectivity index (χ3n) is 7.28. The predicted molar refractivity (Wildman–Crippen MR) is 154 cm³/mol. The number of benzene rings is 2. The number of hydrogen-bond donors (Lipinski definition) is 2. The maximum absolute atomic E-state index is 13.4. The average molecular weight is 513 g/mol. The molecule has 0 atom stereocenters. The van der Waals surface area contributed by atoms with E-state index in [1.54, 1.807) is 12.4 Å². The zero-order valence-electron chi connectivity index (χ0n) is 22.5. The Morgan fingerprint density at radius 1 is 0.947 bits per heavy atom. The minimum Gasteiger partial charge on any atom is -0.371 e. The maximum atomic E-state index is 13.4. The summed E-state index contributed by atoms with van der Waals surface area (Å²) in [5.41, 5.74) is 4.52. The molecule has 2 aromatic carbocycles. The van der Waals surface area contributed by atoms with Crippen LogP contribution in [0.3, 0.4) is 0 Å². The van der Waals surface area contributed by atoms with Crippen LogP contribution in [-0.4, -0.2) is 29.9 Å². The molecule has 1 aliphatic heterocycles. The van der Waals surface area contributed by atoms with Crippen LogP contribution in [0.4, 0.5) is 11.4 Å². The van der Waals surface area contributed by atoms with Crippen molar-refractivity contribution < 1.29 is 9.59 Å². The normalized spacial score (nSPS) is 13.8. The van der Waals surface area contributed by atoms with E-state index in [-0.39, 0.29) is 11.8 Å². The smallest absolute Gasteiger partial charge is 0.253 e. The minimum atomic E-state index is -0.144. The van der Waals surface area contributed by atoms with Gasteiger partial charge in [0, 0.05) is 49.8 Å². The van der Waals surface area contributed by atoms with E-state index in [0.29, 0.717) is 30.1 Å². The Morgan fingerprint density at radius 2 is 1.74 bits per heavy atom. The van der Waals surface area contributed by atoms with Crippen molar-refractivity contribution in [3.05, 3.63) is 89.7 Å². The highest BCUT2D eigenvalue weighted by molar-refractivity contribution is 6.02. The summed E-state index contributed by atoms with van der Waals surface area (Å²) >= 11 is 0. The number of pyridine rings is 1. The number of rotatable bonds is 12. The summed E-state index contributed by atoms with van der Waals surface area (Å²) in [6, 6.07) is 20.2. The van der Waals surface area contributed by atoms with Crippen LogP contribution in [0.5, 0.6) is 0 Å². The molecule has 1 fully saturated rings. The second kappa shape index (κ2) is 14.3. The van der Waals surface area contributed by atoms with Crippen molar-refractivity contribution in [2.45, 2.75) is 64.8 Å². The number of nitrogens with one attached hydrogen (secondary N) is 2. The lowest BCUT2D eigenvalue weighted by Gasteiger charge is -2.35. The molecule has 0 unspecified atom stereocenters. The molecule has 6 heteroatoms. The molecule has 38 heavy (non-hydrogen) atoms. The minimum absolute atomic E-state index is 0.00250. The Labute approximate surface area is 226 Å². The second-order valence-electron chi connectivity index (χ2n) is 10.3. The van der Waals surface area contributed by atoms with Gasteiger partial charge >= 0.3 is 0 Å². The van der Waals surface area contributed by atoms with Crippen LogP contribution >= 0.6 is 0 Å². The van der Waals surface area contributed by atoms with Gasteiger partial charge in [-0.3, -0.25) is 14.6 Å². The van der Waals surface area contributed by atoms with Gasteiger partial charge in [0.2, 0.25) is 5.91 Å². The fourth-order valence-corrected chi connectivity index (χ4v) is 5.11. The molecule has 200 valence electrons. The number of carbonyl (C=O) groups excluding carboxylic acids is 2. The molecule has 0 spiro atoms. The highest BCUT2D eigenvalue weighted by Gasteiger charge is 2.24. The molecule has 2 heterocycles. The van der Waals surface area contributed by atoms with Crippen molar-refractivity contribution >= 4 is 23.2 Å². The quantitative estimate of drug-likeness (QED) is 0.276. The lowest BCUT2D eigenvalue weighted by molar-refractivity contribution is -0.116. The average Bonchev–Trinajstić information content (AvgIpc) is 2.96. The van der Waals surface area contributed by atoms with Crippen LogP contribution in [-0.2, 0) is 17.8 Å². The van der Waals surface area contributed by atoms with Gasteiger partial charge in [0.1, 0.15) is 0 Å². The van der Waals surface area contributed by atoms with Gasteiger partial charge in [-0.2, -0.15) is 0 Å². The van der Waals surface area contributed by atoms with E-state index in [9.17, 15) is 9.59 Å². The molecule has 4 rings (SSSR count). The molecular formula is C32H40N4O2. The van der Waals surface area contributed by atoms with E-state index in [1.807, 2.05) is 30.3 Å². The molecule has 0 aliphatic carbocycles. The highest BCUT2D eigenvalue weighted by atomic mass is 16.2. The van der Waals surface area contributed by atoms with E-state index in [2.05, 4.69) is 57.8 Å². The molecule has 6 nitrogen and oxygen atoms in total. The fraction of sp³-hybridized carbons (Fsp3) is 0.406. The van der Waals surface area contributed by atoms with Gasteiger partial charge in [-0.15, -0.1) is 0 Å². The predicted octanol–water partition coefficient (Wildman–Crippen LogP) is 6.38. The molecule has 2 N–H and O–H groups in total. The summed E-state index contributed by atoms with van der Waals surface area (Å²) in [6.07, 6.45) is 11.5. The Morgan fingerprint density at radius 3 is 2.47 bits per heavy atom. The molecule has 0 saturated carbocycles. The van der Waals surface area contributed by atoms with Crippen molar-refractivity contribution in [1.29, 1.82) is 0 Å². The first-order valence-corrected chi connectivity index (χ1v) is 14.0. The number of nitrogens with zero attached hydrogens (tertiary/aromatic N) is 2. The highest BCUT2D eigenvalue weighted by Crippen LogP contribution is 2.30. The molecule has 2 amide bonds. The first kappa shape index (κ1) is 27.4. The number of unbranched alkanes of at least 4 members (excludes halogenated alkanes) is 3. The second-order valence-corrected chi connectivity index (χ2v) is 10.3. The summed E-state index contributed by atoms with van der Waals surface area (Å²) in [5, 5.41) is 6.05. The van der Waals surface area contributed by atoms with Gasteiger partial charge in [0.05, 0.1) is 5.56 Å². The zero-order valence-corrected chi connectivity index (χ0v) is 22.5. The zero-order chi connectivity index (χ0) is 26.6. The van der Waals surface area contributed by atoms with Crippen molar-refractivity contribution in [2.75, 3.05) is 23.3 Å². The fourth-order valence-electron chi connectivity index (χ4n) is 5.11. The van der Waals surface area contributed by atoms with E-state index in [1.165, 1.54) is 5.56 Å². The number of hydrogen-bond acceptors (Lipinski definition) is 4. The van der Waals surface area contributed by atoms with Crippen molar-refractivity contribution in [1.82, 2.24) is 10.3 Å². The Kier molecular flexibility index (Phi) is 10.3. The monoisotopic (exact) mass is 512 g/mol. The van der Waals surface area contributed by atoms with Gasteiger partial charge < -0.3 is 15.5 Å². The lowest BCUT2D eigenvalue weighted by atomic mass is 9.89. The summed E-state index contributed by atoms with van der Waals surface area (Å²) in [7, 11) is 0. The molecular weight excluding hydrogens is 472 g/mol. The van der Waals surface area contributed by atoms with Gasteiger partial charge in [-0.05, 0) is 67.0 Å². The molecule has 1 aromatic heterocycles. The third-order valence-corrected chi connectivity index (χ3v) is 7.28. The number of amides is 2. The molecule has 3 aromatic rings. The van der Waals surface area contributed by atoms with Crippen molar-refractivity contribution in [2.24, 2.45) is 5.92 Å². The van der Waals surface area contributed by atoms with Crippen molar-refractivity contribution in [3.63, 3.8) is 0 Å². The Balaban J connectivity index is 1.44. The standard InChI is InChI=1S/C32H40N4O2/c1-2-3-4-8-13-31(37)35-28-14-15-30(29(22-28)32(38)34-24-27-12-9-18-33-23-27)36-19-16-26(17-20-36)21-25-10-6-5-7-11-25/h5-7,9-12,14-15,18,22-23,26H,2-4,8,13,16-17,19-21,24H2,1H3,(H,34,38)(H,35,37). The summed E-state index contributed by atoms with van der Waals surface area (Å²) in [4.78, 5) is 32.4. The van der Waals surface area contributed by atoms with Crippen LogP contribution < -0.4 is 15.5 Å². The summed E-state index contributed by atoms with van der Waals surface area (Å²) in [6.45, 7) is 4.38. The number of piperidine rings is 1. The summed E-state index contributed by atoms with van der Waals surface area (Å²) < 4.78 is 0. The van der Waals surface area contributed by atoms with E-state index in [0.717, 1.165) is 69.3 Å². The molecule has 0 radical (unpaired) electrons. The Hall–Kier alpha value is -3.67. The van der Waals surface area contributed by atoms with Gasteiger partial charge in [0.25, 0.3) is 5.91 Å². The van der Waals surface area contributed by atoms with Crippen LogP contribution in [0.15, 0.2) is 73.1 Å². The summed E-state index contributed by atoms with van der Waals surface area (Å²) in [5.74, 6) is 0.495. The van der Waals surface area contributed by atoms with Crippen LogP contribution in [0.25, 0.3) is 0 Å². The lowest BCUT2D eigenvalue weighted by Crippen LogP contribution is -2.36.